The Hall–Kier alpha value is -1.99. The van der Waals surface area contributed by atoms with Crippen molar-refractivity contribution in [2.24, 2.45) is 0 Å². The molecule has 0 bridgehead atoms. The first-order valence-corrected chi connectivity index (χ1v) is 9.62. The van der Waals surface area contributed by atoms with Crippen LogP contribution in [0.5, 0.6) is 0 Å². The van der Waals surface area contributed by atoms with Gasteiger partial charge in [0.05, 0.1) is 11.4 Å². The van der Waals surface area contributed by atoms with Crippen molar-refractivity contribution in [3.05, 3.63) is 41.3 Å². The summed E-state index contributed by atoms with van der Waals surface area (Å²) in [5.74, 6) is 1.07. The number of nitrogens with zero attached hydrogens (tertiary/aromatic N) is 1. The summed E-state index contributed by atoms with van der Waals surface area (Å²) in [7, 11) is 0.281. The molecular formula is C18H24N2O4S. The fourth-order valence-electron chi connectivity index (χ4n) is 2.31. The molecule has 0 spiro atoms. The van der Waals surface area contributed by atoms with Gasteiger partial charge in [0.15, 0.2) is 0 Å². The van der Waals surface area contributed by atoms with Crippen LogP contribution in [0.15, 0.2) is 28.7 Å². The number of aromatic nitrogens is 1. The second kappa shape index (κ2) is 9.48. The second-order valence-electron chi connectivity index (χ2n) is 5.82. The van der Waals surface area contributed by atoms with Crippen molar-refractivity contribution < 1.29 is 18.2 Å². The summed E-state index contributed by atoms with van der Waals surface area (Å²) in [6, 6.07) is 7.85. The number of amides is 1. The molecule has 0 radical (unpaired) electrons. The summed E-state index contributed by atoms with van der Waals surface area (Å²) < 4.78 is 22.8. The van der Waals surface area contributed by atoms with Gasteiger partial charge in [-0.15, -0.1) is 0 Å². The zero-order valence-corrected chi connectivity index (χ0v) is 15.6. The molecule has 2 aromatic rings. The number of rotatable bonds is 9. The van der Waals surface area contributed by atoms with Crippen molar-refractivity contribution in [2.45, 2.75) is 26.0 Å². The molecule has 0 saturated carbocycles. The Balaban J connectivity index is 1.92. The Morgan fingerprint density at radius 2 is 2.16 bits per heavy atom. The summed E-state index contributed by atoms with van der Waals surface area (Å²) >= 11 is 0. The van der Waals surface area contributed by atoms with Gasteiger partial charge in [0.25, 0.3) is 0 Å². The predicted molar refractivity (Wildman–Crippen MR) is 97.6 cm³/mol. The zero-order valence-electron chi connectivity index (χ0n) is 14.8. The lowest BCUT2D eigenvalue weighted by Gasteiger charge is -2.04. The van der Waals surface area contributed by atoms with Gasteiger partial charge in [-0.05, 0) is 32.4 Å². The maximum atomic E-state index is 12.2. The van der Waals surface area contributed by atoms with Gasteiger partial charge in [-0.1, -0.05) is 17.7 Å². The van der Waals surface area contributed by atoms with Crippen LogP contribution in [0.2, 0.25) is 0 Å². The van der Waals surface area contributed by atoms with Crippen LogP contribution in [0.3, 0.4) is 0 Å². The molecule has 0 aliphatic rings. The third kappa shape index (κ3) is 6.10. The summed E-state index contributed by atoms with van der Waals surface area (Å²) in [4.78, 5) is 16.2. The number of carbonyl (C=O) groups excluding carboxylic acids is 1. The molecule has 1 heterocycles. The van der Waals surface area contributed by atoms with Crippen LogP contribution < -0.4 is 5.32 Å². The highest BCUT2D eigenvalue weighted by Gasteiger charge is 2.16. The Labute approximate surface area is 150 Å². The molecule has 6 nitrogen and oxygen atoms in total. The number of hydrogen-bond donors (Lipinski definition) is 1. The predicted octanol–water partition coefficient (Wildman–Crippen LogP) is 2.36. The van der Waals surface area contributed by atoms with Gasteiger partial charge in [0, 0.05) is 36.6 Å². The summed E-state index contributed by atoms with van der Waals surface area (Å²) in [6.45, 7) is 4.90. The van der Waals surface area contributed by atoms with Crippen LogP contribution in [0.4, 0.5) is 0 Å². The van der Waals surface area contributed by atoms with Gasteiger partial charge in [-0.25, -0.2) is 4.98 Å². The number of oxazole rings is 1. The third-order valence-corrected chi connectivity index (χ3v) is 4.77. The number of benzene rings is 1. The van der Waals surface area contributed by atoms with E-state index in [1.165, 1.54) is 0 Å². The SMILES string of the molecule is COCCCNC(=O)CS(=O)Cc1nc(-c2cccc(C)c2)oc1C. The first-order valence-electron chi connectivity index (χ1n) is 8.13. The molecule has 25 heavy (non-hydrogen) atoms. The molecule has 136 valence electrons. The van der Waals surface area contributed by atoms with E-state index >= 15 is 0 Å². The molecule has 1 atom stereocenters. The number of nitrogens with one attached hydrogen (secondary N) is 1. The van der Waals surface area contributed by atoms with E-state index in [2.05, 4.69) is 10.3 Å². The Morgan fingerprint density at radius 1 is 1.36 bits per heavy atom. The second-order valence-corrected chi connectivity index (χ2v) is 7.27. The van der Waals surface area contributed by atoms with Gasteiger partial charge >= 0.3 is 0 Å². The minimum Gasteiger partial charge on any atom is -0.441 e. The van der Waals surface area contributed by atoms with Crippen LogP contribution in [-0.2, 0) is 26.1 Å². The lowest BCUT2D eigenvalue weighted by Crippen LogP contribution is -2.30. The van der Waals surface area contributed by atoms with E-state index in [1.807, 2.05) is 31.2 Å². The van der Waals surface area contributed by atoms with Crippen molar-refractivity contribution in [2.75, 3.05) is 26.0 Å². The quantitative estimate of drug-likeness (QED) is 0.691. The third-order valence-electron chi connectivity index (χ3n) is 3.59. The smallest absolute Gasteiger partial charge is 0.232 e. The fourth-order valence-corrected chi connectivity index (χ4v) is 3.38. The molecule has 2 rings (SSSR count). The fraction of sp³-hybridized carbons (Fsp3) is 0.444. The normalized spacial score (nSPS) is 12.1. The average molecular weight is 364 g/mol. The number of aryl methyl sites for hydroxylation is 2. The minimum absolute atomic E-state index is 0.0426. The number of methoxy groups -OCH3 is 1. The van der Waals surface area contributed by atoms with E-state index in [-0.39, 0.29) is 17.4 Å². The molecule has 1 aromatic carbocycles. The molecule has 1 aromatic heterocycles. The van der Waals surface area contributed by atoms with Crippen molar-refractivity contribution >= 4 is 16.7 Å². The highest BCUT2D eigenvalue weighted by molar-refractivity contribution is 7.84. The Bertz CT molecular complexity index is 742. The van der Waals surface area contributed by atoms with E-state index < -0.39 is 10.8 Å². The average Bonchev–Trinajstić information content (AvgIpc) is 2.92. The van der Waals surface area contributed by atoms with E-state index in [4.69, 9.17) is 9.15 Å². The minimum atomic E-state index is -1.33. The van der Waals surface area contributed by atoms with Crippen LogP contribution in [0, 0.1) is 13.8 Å². The van der Waals surface area contributed by atoms with E-state index in [9.17, 15) is 9.00 Å². The highest BCUT2D eigenvalue weighted by Crippen LogP contribution is 2.23. The van der Waals surface area contributed by atoms with E-state index in [0.29, 0.717) is 30.5 Å². The molecule has 0 saturated heterocycles. The van der Waals surface area contributed by atoms with Crippen LogP contribution in [0.1, 0.15) is 23.4 Å². The lowest BCUT2D eigenvalue weighted by molar-refractivity contribution is -0.118. The topological polar surface area (TPSA) is 81.4 Å². The Morgan fingerprint density at radius 3 is 2.88 bits per heavy atom. The van der Waals surface area contributed by atoms with Gasteiger partial charge < -0.3 is 14.5 Å². The van der Waals surface area contributed by atoms with Crippen LogP contribution in [0.25, 0.3) is 11.5 Å². The van der Waals surface area contributed by atoms with Gasteiger partial charge in [0.1, 0.15) is 11.5 Å². The van der Waals surface area contributed by atoms with Crippen LogP contribution >= 0.6 is 0 Å². The Kier molecular flexibility index (Phi) is 7.33. The molecule has 7 heteroatoms. The first-order chi connectivity index (χ1) is 12.0. The molecule has 1 N–H and O–H groups in total. The summed E-state index contributed by atoms with van der Waals surface area (Å²) in [5.41, 5.74) is 2.63. The standard InChI is InChI=1S/C18H24N2O4S/c1-13-6-4-7-15(10-13)18-20-16(14(2)24-18)11-25(22)12-17(21)19-8-5-9-23-3/h4,6-7,10H,5,8-9,11-12H2,1-3H3,(H,19,21). The highest BCUT2D eigenvalue weighted by atomic mass is 32.2. The molecule has 1 amide bonds. The molecule has 0 aliphatic heterocycles. The lowest BCUT2D eigenvalue weighted by atomic mass is 10.1. The molecular weight excluding hydrogens is 340 g/mol. The largest absolute Gasteiger partial charge is 0.441 e. The molecule has 0 fully saturated rings. The maximum absolute atomic E-state index is 12.2. The van der Waals surface area contributed by atoms with Gasteiger partial charge in [-0.2, -0.15) is 0 Å². The first kappa shape index (κ1) is 19.3. The maximum Gasteiger partial charge on any atom is 0.232 e. The monoisotopic (exact) mass is 364 g/mol. The summed E-state index contributed by atoms with van der Waals surface area (Å²) in [5, 5.41) is 2.73. The number of carbonyl (C=O) groups is 1. The number of ether oxygens (including phenoxy) is 1. The van der Waals surface area contributed by atoms with Crippen molar-refractivity contribution in [3.8, 4) is 11.5 Å². The molecule has 0 aliphatic carbocycles. The van der Waals surface area contributed by atoms with Gasteiger partial charge in [-0.3, -0.25) is 9.00 Å². The summed E-state index contributed by atoms with van der Waals surface area (Å²) in [6.07, 6.45) is 0.733. The van der Waals surface area contributed by atoms with E-state index in [1.54, 1.807) is 14.0 Å². The van der Waals surface area contributed by atoms with Crippen molar-refractivity contribution in [1.82, 2.24) is 10.3 Å². The number of hydrogen-bond acceptors (Lipinski definition) is 5. The molecule has 1 unspecified atom stereocenters. The van der Waals surface area contributed by atoms with Crippen molar-refractivity contribution in [1.29, 1.82) is 0 Å². The zero-order chi connectivity index (χ0) is 18.2. The van der Waals surface area contributed by atoms with Gasteiger partial charge in [0.2, 0.25) is 11.8 Å². The van der Waals surface area contributed by atoms with Crippen LogP contribution in [-0.4, -0.2) is 41.1 Å². The van der Waals surface area contributed by atoms with E-state index in [0.717, 1.165) is 17.5 Å². The van der Waals surface area contributed by atoms with Crippen molar-refractivity contribution in [3.63, 3.8) is 0 Å².